The van der Waals surface area contributed by atoms with Crippen molar-refractivity contribution >= 4 is 17.6 Å². The summed E-state index contributed by atoms with van der Waals surface area (Å²) >= 11 is 0. The van der Waals surface area contributed by atoms with E-state index < -0.39 is 30.2 Å². The van der Waals surface area contributed by atoms with E-state index in [0.717, 1.165) is 35.4 Å². The largest absolute Gasteiger partial charge is 0.481 e. The van der Waals surface area contributed by atoms with Crippen LogP contribution in [0.2, 0.25) is 0 Å². The zero-order valence-corrected chi connectivity index (χ0v) is 14.7. The molecule has 0 bridgehead atoms. The lowest BCUT2D eigenvalue weighted by molar-refractivity contribution is -0.149. The number of esters is 1. The number of carbonyl (C=O) groups is 2. The van der Waals surface area contributed by atoms with Gasteiger partial charge in [-0.1, -0.05) is 18.2 Å². The van der Waals surface area contributed by atoms with E-state index in [1.165, 1.54) is 0 Å². The highest BCUT2D eigenvalue weighted by Crippen LogP contribution is 2.29. The number of halogens is 3. The summed E-state index contributed by atoms with van der Waals surface area (Å²) in [7, 11) is 0. The molecule has 0 unspecified atom stereocenters. The van der Waals surface area contributed by atoms with Crippen LogP contribution in [0.25, 0.3) is 0 Å². The van der Waals surface area contributed by atoms with Gasteiger partial charge in [-0.2, -0.15) is 13.2 Å². The van der Waals surface area contributed by atoms with Gasteiger partial charge in [0.1, 0.15) is 5.75 Å². The normalized spacial score (nSPS) is 11.0. The molecule has 8 heteroatoms. The topological polar surface area (TPSA) is 64.6 Å². The van der Waals surface area contributed by atoms with E-state index in [1.54, 1.807) is 0 Å². The van der Waals surface area contributed by atoms with Crippen molar-refractivity contribution < 1.29 is 32.2 Å². The van der Waals surface area contributed by atoms with Crippen molar-refractivity contribution in [2.45, 2.75) is 20.0 Å². The van der Waals surface area contributed by atoms with Gasteiger partial charge in [0.2, 0.25) is 0 Å². The van der Waals surface area contributed by atoms with Crippen molar-refractivity contribution in [1.29, 1.82) is 0 Å². The van der Waals surface area contributed by atoms with E-state index in [1.807, 2.05) is 32.0 Å². The third-order valence-electron chi connectivity index (χ3n) is 3.60. The van der Waals surface area contributed by atoms with Gasteiger partial charge in [-0.3, -0.25) is 4.79 Å². The molecule has 144 valence electrons. The van der Waals surface area contributed by atoms with Crippen molar-refractivity contribution in [2.75, 3.05) is 18.5 Å². The summed E-state index contributed by atoms with van der Waals surface area (Å²) < 4.78 is 47.7. The van der Waals surface area contributed by atoms with Crippen LogP contribution >= 0.6 is 0 Å². The Morgan fingerprint density at radius 2 is 1.56 bits per heavy atom. The number of ether oxygens (including phenoxy) is 2. The number of aryl methyl sites for hydroxylation is 2. The van der Waals surface area contributed by atoms with Crippen molar-refractivity contribution in [3.63, 3.8) is 0 Å². The lowest BCUT2D eigenvalue weighted by atomic mass is 10.1. The Morgan fingerprint density at radius 3 is 2.11 bits per heavy atom. The molecule has 0 fully saturated rings. The molecule has 2 aromatic rings. The number of carbonyl (C=O) groups excluding carboxylic acids is 2. The van der Waals surface area contributed by atoms with E-state index >= 15 is 0 Å². The SMILES string of the molecule is Cc1cccc(C)c1OCC(=O)OCC(=O)Nc1ccc(C(F)(F)F)cc1. The second-order valence-corrected chi connectivity index (χ2v) is 5.79. The van der Waals surface area contributed by atoms with Gasteiger partial charge in [0, 0.05) is 5.69 Å². The minimum atomic E-state index is -4.45. The van der Waals surface area contributed by atoms with E-state index in [2.05, 4.69) is 5.32 Å². The lowest BCUT2D eigenvalue weighted by Crippen LogP contribution is -2.24. The number of amides is 1. The first kappa shape index (κ1) is 20.3. The molecule has 5 nitrogen and oxygen atoms in total. The molecule has 27 heavy (non-hydrogen) atoms. The molecule has 0 spiro atoms. The van der Waals surface area contributed by atoms with Crippen molar-refractivity contribution in [1.82, 2.24) is 0 Å². The Hall–Kier alpha value is -3.03. The summed E-state index contributed by atoms with van der Waals surface area (Å²) in [5.74, 6) is -0.834. The molecule has 0 heterocycles. The minimum Gasteiger partial charge on any atom is -0.481 e. The van der Waals surface area contributed by atoms with Gasteiger partial charge in [-0.15, -0.1) is 0 Å². The predicted molar refractivity (Wildman–Crippen MR) is 92.4 cm³/mol. The first-order chi connectivity index (χ1) is 12.7. The number of rotatable bonds is 6. The molecule has 0 saturated heterocycles. The van der Waals surface area contributed by atoms with E-state index in [0.29, 0.717) is 5.75 Å². The third kappa shape index (κ3) is 6.02. The van der Waals surface area contributed by atoms with E-state index in [9.17, 15) is 22.8 Å². The van der Waals surface area contributed by atoms with Crippen LogP contribution in [-0.4, -0.2) is 25.1 Å². The molecule has 1 amide bonds. The van der Waals surface area contributed by atoms with Gasteiger partial charge in [-0.25, -0.2) is 4.79 Å². The molecule has 2 rings (SSSR count). The number of alkyl halides is 3. The Labute approximate surface area is 154 Å². The number of hydrogen-bond donors (Lipinski definition) is 1. The standard InChI is InChI=1S/C19H18F3NO4/c1-12-4-3-5-13(2)18(12)27-11-17(25)26-10-16(24)23-15-8-6-14(7-9-15)19(20,21)22/h3-9H,10-11H2,1-2H3,(H,23,24). The number of nitrogens with one attached hydrogen (secondary N) is 1. The van der Waals surface area contributed by atoms with Crippen LogP contribution in [0.4, 0.5) is 18.9 Å². The highest BCUT2D eigenvalue weighted by molar-refractivity contribution is 5.92. The summed E-state index contributed by atoms with van der Waals surface area (Å²) in [5.41, 5.74) is 1.07. The summed E-state index contributed by atoms with van der Waals surface area (Å²) in [6, 6.07) is 9.47. The fourth-order valence-corrected chi connectivity index (χ4v) is 2.29. The Bertz CT molecular complexity index is 796. The summed E-state index contributed by atoms with van der Waals surface area (Å²) in [6.45, 7) is 2.74. The van der Waals surface area contributed by atoms with Gasteiger partial charge in [0.05, 0.1) is 5.56 Å². The molecular weight excluding hydrogens is 363 g/mol. The maximum atomic E-state index is 12.5. The molecular formula is C19H18F3NO4. The molecule has 0 atom stereocenters. The van der Waals surface area contributed by atoms with E-state index in [-0.39, 0.29) is 12.3 Å². The Kier molecular flexibility index (Phi) is 6.44. The van der Waals surface area contributed by atoms with Gasteiger partial charge in [-0.05, 0) is 49.2 Å². The average Bonchev–Trinajstić information content (AvgIpc) is 2.59. The summed E-state index contributed by atoms with van der Waals surface area (Å²) in [6.07, 6.45) is -4.45. The highest BCUT2D eigenvalue weighted by Gasteiger charge is 2.30. The third-order valence-corrected chi connectivity index (χ3v) is 3.60. The zero-order chi connectivity index (χ0) is 20.0. The fraction of sp³-hybridized carbons (Fsp3) is 0.263. The van der Waals surface area contributed by atoms with Crippen molar-refractivity contribution in [3.8, 4) is 5.75 Å². The number of hydrogen-bond acceptors (Lipinski definition) is 4. The average molecular weight is 381 g/mol. The Morgan fingerprint density at radius 1 is 0.963 bits per heavy atom. The van der Waals surface area contributed by atoms with Crippen LogP contribution in [-0.2, 0) is 20.5 Å². The van der Waals surface area contributed by atoms with Gasteiger partial charge >= 0.3 is 12.1 Å². The molecule has 0 aliphatic rings. The van der Waals surface area contributed by atoms with E-state index in [4.69, 9.17) is 9.47 Å². The van der Waals surface area contributed by atoms with Crippen LogP contribution in [0.1, 0.15) is 16.7 Å². The van der Waals surface area contributed by atoms with Gasteiger partial charge < -0.3 is 14.8 Å². The maximum Gasteiger partial charge on any atom is 0.416 e. The molecule has 0 radical (unpaired) electrons. The minimum absolute atomic E-state index is 0.163. The Balaban J connectivity index is 1.79. The molecule has 0 saturated carbocycles. The summed E-state index contributed by atoms with van der Waals surface area (Å²) in [5, 5.41) is 2.34. The molecule has 0 aromatic heterocycles. The monoisotopic (exact) mass is 381 g/mol. The van der Waals surface area contributed by atoms with Crippen LogP contribution in [0.3, 0.4) is 0 Å². The smallest absolute Gasteiger partial charge is 0.416 e. The highest BCUT2D eigenvalue weighted by atomic mass is 19.4. The molecule has 0 aliphatic carbocycles. The second kappa shape index (κ2) is 8.57. The van der Waals surface area contributed by atoms with Gasteiger partial charge in [0.25, 0.3) is 5.91 Å². The number of benzene rings is 2. The first-order valence-electron chi connectivity index (χ1n) is 7.98. The van der Waals surface area contributed by atoms with Crippen molar-refractivity contribution in [3.05, 3.63) is 59.2 Å². The summed E-state index contributed by atoms with van der Waals surface area (Å²) in [4.78, 5) is 23.4. The van der Waals surface area contributed by atoms with Crippen LogP contribution < -0.4 is 10.1 Å². The molecule has 0 aliphatic heterocycles. The second-order valence-electron chi connectivity index (χ2n) is 5.79. The predicted octanol–water partition coefficient (Wildman–Crippen LogP) is 3.88. The van der Waals surface area contributed by atoms with Crippen LogP contribution in [0, 0.1) is 13.8 Å². The van der Waals surface area contributed by atoms with Crippen molar-refractivity contribution in [2.24, 2.45) is 0 Å². The zero-order valence-electron chi connectivity index (χ0n) is 14.7. The maximum absolute atomic E-state index is 12.5. The number of para-hydroxylation sites is 1. The molecule has 2 aromatic carbocycles. The molecule has 1 N–H and O–H groups in total. The fourth-order valence-electron chi connectivity index (χ4n) is 2.29. The lowest BCUT2D eigenvalue weighted by Gasteiger charge is -2.12. The first-order valence-corrected chi connectivity index (χ1v) is 7.98. The van der Waals surface area contributed by atoms with Crippen LogP contribution in [0.5, 0.6) is 5.75 Å². The quantitative estimate of drug-likeness (QED) is 0.772. The van der Waals surface area contributed by atoms with Crippen LogP contribution in [0.15, 0.2) is 42.5 Å². The number of anilines is 1. The van der Waals surface area contributed by atoms with Gasteiger partial charge in [0.15, 0.2) is 13.2 Å².